The molecule has 0 aliphatic heterocycles. The van der Waals surface area contributed by atoms with Gasteiger partial charge in [0.15, 0.2) is 0 Å². The normalized spacial score (nSPS) is 11.2. The van der Waals surface area contributed by atoms with Crippen molar-refractivity contribution < 1.29 is 9.28 Å². The van der Waals surface area contributed by atoms with Crippen molar-refractivity contribution in [2.75, 3.05) is 32.7 Å². The molecule has 0 atom stereocenters. The zero-order chi connectivity index (χ0) is 12.4. The van der Waals surface area contributed by atoms with Crippen LogP contribution in [0, 0.1) is 0 Å². The fourth-order valence-corrected chi connectivity index (χ4v) is 2.00. The number of hydrogen-bond donors (Lipinski definition) is 1. The Balaban J connectivity index is 3.71. The zero-order valence-electron chi connectivity index (χ0n) is 11.1. The zero-order valence-corrected chi connectivity index (χ0v) is 11.1. The van der Waals surface area contributed by atoms with Crippen molar-refractivity contribution in [2.24, 2.45) is 0 Å². The second-order valence-corrected chi connectivity index (χ2v) is 4.22. The number of quaternary nitrogens is 1. The van der Waals surface area contributed by atoms with Crippen LogP contribution in [0.25, 0.3) is 0 Å². The Morgan fingerprint density at radius 3 is 2.19 bits per heavy atom. The monoisotopic (exact) mass is 227 g/mol. The lowest BCUT2D eigenvalue weighted by Gasteiger charge is -2.35. The molecule has 0 saturated carbocycles. The van der Waals surface area contributed by atoms with Gasteiger partial charge in [-0.2, -0.15) is 0 Å². The number of unbranched alkanes of at least 4 members (excludes halogenated alkanes) is 1. The van der Waals surface area contributed by atoms with E-state index in [1.54, 1.807) is 0 Å². The molecule has 0 bridgehead atoms. The Kier molecular flexibility index (Phi) is 7.90. The van der Waals surface area contributed by atoms with E-state index in [9.17, 15) is 4.79 Å². The standard InChI is InChI=1S/C13H26N2O/c1-5-13(16)14-11-9-10-12-15(6-2,7-3)8-4/h5H,1,6-12H2,2-4H3/p+1. The van der Waals surface area contributed by atoms with Crippen molar-refractivity contribution >= 4 is 5.91 Å². The summed E-state index contributed by atoms with van der Waals surface area (Å²) in [5, 5.41) is 2.81. The Morgan fingerprint density at radius 1 is 1.19 bits per heavy atom. The molecule has 0 radical (unpaired) electrons. The van der Waals surface area contributed by atoms with E-state index in [4.69, 9.17) is 0 Å². The number of nitrogens with zero attached hydrogens (tertiary/aromatic N) is 1. The van der Waals surface area contributed by atoms with Gasteiger partial charge in [-0.1, -0.05) is 6.58 Å². The van der Waals surface area contributed by atoms with E-state index < -0.39 is 0 Å². The fraction of sp³-hybridized carbons (Fsp3) is 0.769. The van der Waals surface area contributed by atoms with Gasteiger partial charge in [-0.15, -0.1) is 0 Å². The van der Waals surface area contributed by atoms with Gasteiger partial charge in [0.25, 0.3) is 0 Å². The lowest BCUT2D eigenvalue weighted by molar-refractivity contribution is -0.923. The van der Waals surface area contributed by atoms with E-state index in [2.05, 4.69) is 32.7 Å². The van der Waals surface area contributed by atoms with Crippen LogP contribution >= 0.6 is 0 Å². The summed E-state index contributed by atoms with van der Waals surface area (Å²) in [7, 11) is 0. The highest BCUT2D eigenvalue weighted by Gasteiger charge is 2.19. The molecule has 0 unspecified atom stereocenters. The van der Waals surface area contributed by atoms with Crippen LogP contribution in [-0.2, 0) is 4.79 Å². The van der Waals surface area contributed by atoms with Gasteiger partial charge >= 0.3 is 0 Å². The molecule has 16 heavy (non-hydrogen) atoms. The Morgan fingerprint density at radius 2 is 1.75 bits per heavy atom. The average Bonchev–Trinajstić information content (AvgIpc) is 2.34. The van der Waals surface area contributed by atoms with Gasteiger partial charge in [0.2, 0.25) is 5.91 Å². The second kappa shape index (κ2) is 8.34. The molecule has 3 heteroatoms. The van der Waals surface area contributed by atoms with Gasteiger partial charge in [-0.3, -0.25) is 4.79 Å². The predicted molar refractivity (Wildman–Crippen MR) is 69.2 cm³/mol. The minimum atomic E-state index is -0.0674. The minimum absolute atomic E-state index is 0.0674. The summed E-state index contributed by atoms with van der Waals surface area (Å²) >= 11 is 0. The number of carbonyl (C=O) groups excluding carboxylic acids is 1. The van der Waals surface area contributed by atoms with Crippen LogP contribution in [0.2, 0.25) is 0 Å². The van der Waals surface area contributed by atoms with Crippen LogP contribution in [0.3, 0.4) is 0 Å². The summed E-state index contributed by atoms with van der Waals surface area (Å²) in [4.78, 5) is 10.9. The summed E-state index contributed by atoms with van der Waals surface area (Å²) in [6, 6.07) is 0. The quantitative estimate of drug-likeness (QED) is 0.364. The highest BCUT2D eigenvalue weighted by atomic mass is 16.1. The molecule has 0 heterocycles. The number of carbonyl (C=O) groups is 1. The molecule has 3 nitrogen and oxygen atoms in total. The van der Waals surface area contributed by atoms with Crippen LogP contribution in [0.4, 0.5) is 0 Å². The number of nitrogens with one attached hydrogen (secondary N) is 1. The van der Waals surface area contributed by atoms with E-state index in [1.807, 2.05) is 0 Å². The van der Waals surface area contributed by atoms with Crippen molar-refractivity contribution in [3.8, 4) is 0 Å². The Bertz CT molecular complexity index is 202. The van der Waals surface area contributed by atoms with Crippen molar-refractivity contribution in [3.05, 3.63) is 12.7 Å². The highest BCUT2D eigenvalue weighted by Crippen LogP contribution is 2.08. The van der Waals surface area contributed by atoms with Gasteiger partial charge in [-0.25, -0.2) is 0 Å². The van der Waals surface area contributed by atoms with Crippen LogP contribution in [0.15, 0.2) is 12.7 Å². The number of hydrogen-bond acceptors (Lipinski definition) is 1. The molecule has 0 aromatic rings. The topological polar surface area (TPSA) is 29.1 Å². The molecule has 0 fully saturated rings. The van der Waals surface area contributed by atoms with Gasteiger partial charge in [0.05, 0.1) is 26.2 Å². The first-order valence-corrected chi connectivity index (χ1v) is 6.39. The smallest absolute Gasteiger partial charge is 0.243 e. The molecule has 0 spiro atoms. The third-order valence-corrected chi connectivity index (χ3v) is 3.56. The first-order valence-electron chi connectivity index (χ1n) is 6.39. The van der Waals surface area contributed by atoms with E-state index >= 15 is 0 Å². The SMILES string of the molecule is C=CC(=O)NCCCC[N+](CC)(CC)CC. The maximum absolute atomic E-state index is 10.9. The average molecular weight is 227 g/mol. The lowest BCUT2D eigenvalue weighted by Crippen LogP contribution is -2.48. The summed E-state index contributed by atoms with van der Waals surface area (Å²) in [6.07, 6.45) is 3.55. The van der Waals surface area contributed by atoms with Crippen LogP contribution < -0.4 is 5.32 Å². The number of rotatable bonds is 9. The summed E-state index contributed by atoms with van der Waals surface area (Å²) < 4.78 is 1.19. The lowest BCUT2D eigenvalue weighted by atomic mass is 10.2. The molecular weight excluding hydrogens is 200 g/mol. The maximum Gasteiger partial charge on any atom is 0.243 e. The Hall–Kier alpha value is -0.830. The molecule has 1 N–H and O–H groups in total. The maximum atomic E-state index is 10.9. The van der Waals surface area contributed by atoms with Gasteiger partial charge in [-0.05, 0) is 39.7 Å². The molecule has 0 aliphatic rings. The summed E-state index contributed by atoms with van der Waals surface area (Å²) in [5.41, 5.74) is 0. The van der Waals surface area contributed by atoms with Crippen LogP contribution in [-0.4, -0.2) is 43.1 Å². The second-order valence-electron chi connectivity index (χ2n) is 4.22. The molecule has 0 aromatic carbocycles. The van der Waals surface area contributed by atoms with E-state index in [1.165, 1.54) is 43.2 Å². The van der Waals surface area contributed by atoms with Crippen molar-refractivity contribution in [3.63, 3.8) is 0 Å². The first kappa shape index (κ1) is 15.2. The van der Waals surface area contributed by atoms with E-state index in [0.717, 1.165) is 13.0 Å². The highest BCUT2D eigenvalue weighted by molar-refractivity contribution is 5.86. The predicted octanol–water partition coefficient (Wildman–Crippen LogP) is 1.95. The summed E-state index contributed by atoms with van der Waals surface area (Å²) in [6.45, 7) is 15.8. The molecule has 0 aliphatic carbocycles. The molecule has 94 valence electrons. The largest absolute Gasteiger partial charge is 0.353 e. The third kappa shape index (κ3) is 5.31. The van der Waals surface area contributed by atoms with Crippen LogP contribution in [0.1, 0.15) is 33.6 Å². The summed E-state index contributed by atoms with van der Waals surface area (Å²) in [5.74, 6) is -0.0674. The van der Waals surface area contributed by atoms with Crippen molar-refractivity contribution in [1.82, 2.24) is 5.32 Å². The van der Waals surface area contributed by atoms with Crippen molar-refractivity contribution in [1.29, 1.82) is 0 Å². The molecule has 0 saturated heterocycles. The first-order chi connectivity index (χ1) is 7.64. The molecule has 0 aromatic heterocycles. The fourth-order valence-electron chi connectivity index (χ4n) is 2.00. The minimum Gasteiger partial charge on any atom is -0.353 e. The van der Waals surface area contributed by atoms with Crippen molar-refractivity contribution in [2.45, 2.75) is 33.6 Å². The molecular formula is C13H27N2O+. The van der Waals surface area contributed by atoms with Gasteiger partial charge < -0.3 is 9.80 Å². The van der Waals surface area contributed by atoms with E-state index in [0.29, 0.717) is 0 Å². The number of amides is 1. The van der Waals surface area contributed by atoms with Gasteiger partial charge in [0.1, 0.15) is 0 Å². The van der Waals surface area contributed by atoms with Crippen LogP contribution in [0.5, 0.6) is 0 Å². The third-order valence-electron chi connectivity index (χ3n) is 3.56. The Labute approximate surface area is 100 Å². The molecule has 1 amide bonds. The van der Waals surface area contributed by atoms with Gasteiger partial charge in [0, 0.05) is 6.54 Å². The van der Waals surface area contributed by atoms with E-state index in [-0.39, 0.29) is 5.91 Å². The molecule has 0 rings (SSSR count).